The summed E-state index contributed by atoms with van der Waals surface area (Å²) in [6.45, 7) is 7.92. The normalized spacial score (nSPS) is 11.2. The zero-order valence-corrected chi connectivity index (χ0v) is 12.1. The van der Waals surface area contributed by atoms with Crippen molar-refractivity contribution in [3.63, 3.8) is 0 Å². The van der Waals surface area contributed by atoms with Crippen LogP contribution >= 0.6 is 0 Å². The van der Waals surface area contributed by atoms with Crippen LogP contribution in [0.4, 0.5) is 10.6 Å². The largest absolute Gasteiger partial charge is 0.418 e. The third-order valence-corrected chi connectivity index (χ3v) is 2.78. The number of nitrogens with zero attached hydrogens (tertiary/aromatic N) is 1. The molecule has 0 aliphatic carbocycles. The highest BCUT2D eigenvalue weighted by Crippen LogP contribution is 2.29. The second-order valence-electron chi connectivity index (χ2n) is 5.56. The summed E-state index contributed by atoms with van der Waals surface area (Å²) in [4.78, 5) is 11.8. The predicted molar refractivity (Wildman–Crippen MR) is 76.0 cm³/mol. The van der Waals surface area contributed by atoms with Crippen molar-refractivity contribution in [3.05, 3.63) is 41.7 Å². The van der Waals surface area contributed by atoms with Crippen molar-refractivity contribution in [2.24, 2.45) is 0 Å². The molecular formula is C15H18N2O3. The summed E-state index contributed by atoms with van der Waals surface area (Å²) >= 11 is 0. The van der Waals surface area contributed by atoms with Gasteiger partial charge in [-0.3, -0.25) is 5.32 Å². The molecule has 20 heavy (non-hydrogen) atoms. The Kier molecular flexibility index (Phi) is 3.79. The minimum absolute atomic E-state index is 0.166. The molecule has 1 heterocycles. The van der Waals surface area contributed by atoms with E-state index in [1.54, 1.807) is 24.3 Å². The minimum atomic E-state index is -0.590. The maximum absolute atomic E-state index is 11.8. The molecule has 0 saturated carbocycles. The van der Waals surface area contributed by atoms with Gasteiger partial charge in [-0.05, 0) is 19.1 Å². The fourth-order valence-corrected chi connectivity index (χ4v) is 1.87. The third-order valence-electron chi connectivity index (χ3n) is 2.78. The van der Waals surface area contributed by atoms with Crippen molar-refractivity contribution >= 4 is 11.9 Å². The Bertz CT molecular complexity index is 597. The van der Waals surface area contributed by atoms with Crippen LogP contribution in [0, 0.1) is 6.92 Å². The first-order chi connectivity index (χ1) is 9.38. The number of nitrogens with one attached hydrogen (secondary N) is 1. The standard InChI is InChI=1S/C15H18N2O3/c1-10-12(15(2,3)4)20-17-13(10)16-14(18)19-11-8-6-5-7-9-11/h5-9H,1-4H3,(H,16,17,18). The summed E-state index contributed by atoms with van der Waals surface area (Å²) in [5.41, 5.74) is 0.642. The lowest BCUT2D eigenvalue weighted by molar-refractivity contribution is 0.215. The van der Waals surface area contributed by atoms with Crippen molar-refractivity contribution in [2.45, 2.75) is 33.1 Å². The number of carbonyl (C=O) groups is 1. The van der Waals surface area contributed by atoms with Gasteiger partial charge in [-0.25, -0.2) is 4.79 Å². The molecule has 5 nitrogen and oxygen atoms in total. The molecule has 1 N–H and O–H groups in total. The molecule has 2 aromatic rings. The Morgan fingerprint density at radius 1 is 1.25 bits per heavy atom. The van der Waals surface area contributed by atoms with E-state index in [1.165, 1.54) is 0 Å². The molecule has 0 aliphatic heterocycles. The van der Waals surface area contributed by atoms with Gasteiger partial charge in [-0.1, -0.05) is 44.1 Å². The zero-order valence-electron chi connectivity index (χ0n) is 12.1. The van der Waals surface area contributed by atoms with E-state index >= 15 is 0 Å². The summed E-state index contributed by atoms with van der Waals surface area (Å²) in [5.74, 6) is 1.60. The van der Waals surface area contributed by atoms with Gasteiger partial charge in [0, 0.05) is 11.0 Å². The van der Waals surface area contributed by atoms with Crippen LogP contribution in [0.3, 0.4) is 0 Å². The highest BCUT2D eigenvalue weighted by Gasteiger charge is 2.25. The molecule has 0 aliphatic rings. The summed E-state index contributed by atoms with van der Waals surface area (Å²) in [6, 6.07) is 8.84. The van der Waals surface area contributed by atoms with E-state index in [2.05, 4.69) is 10.5 Å². The maximum Gasteiger partial charge on any atom is 0.418 e. The van der Waals surface area contributed by atoms with Crippen LogP contribution in [0.25, 0.3) is 0 Å². The van der Waals surface area contributed by atoms with Crippen LogP contribution in [-0.2, 0) is 5.41 Å². The van der Waals surface area contributed by atoms with Gasteiger partial charge in [0.2, 0.25) is 0 Å². The van der Waals surface area contributed by atoms with Gasteiger partial charge in [0.15, 0.2) is 5.82 Å². The minimum Gasteiger partial charge on any atom is -0.410 e. The Balaban J connectivity index is 2.07. The smallest absolute Gasteiger partial charge is 0.410 e. The molecule has 0 bridgehead atoms. The summed E-state index contributed by atoms with van der Waals surface area (Å²) < 4.78 is 10.4. The highest BCUT2D eigenvalue weighted by atomic mass is 16.6. The SMILES string of the molecule is Cc1c(NC(=O)Oc2ccccc2)noc1C(C)(C)C. The van der Waals surface area contributed by atoms with E-state index < -0.39 is 6.09 Å². The topological polar surface area (TPSA) is 64.4 Å². The van der Waals surface area contributed by atoms with Gasteiger partial charge in [-0.2, -0.15) is 0 Å². The summed E-state index contributed by atoms with van der Waals surface area (Å²) in [7, 11) is 0. The first-order valence-corrected chi connectivity index (χ1v) is 6.38. The van der Waals surface area contributed by atoms with E-state index in [1.807, 2.05) is 33.8 Å². The van der Waals surface area contributed by atoms with Crippen LogP contribution in [0.5, 0.6) is 5.75 Å². The monoisotopic (exact) mass is 274 g/mol. The van der Waals surface area contributed by atoms with Gasteiger partial charge in [0.25, 0.3) is 0 Å². The molecule has 0 saturated heterocycles. The first kappa shape index (κ1) is 14.1. The Morgan fingerprint density at radius 3 is 2.45 bits per heavy atom. The van der Waals surface area contributed by atoms with Gasteiger partial charge in [0.1, 0.15) is 11.5 Å². The fourth-order valence-electron chi connectivity index (χ4n) is 1.87. The molecule has 0 atom stereocenters. The van der Waals surface area contributed by atoms with E-state index in [0.29, 0.717) is 11.6 Å². The molecule has 106 valence electrons. The van der Waals surface area contributed by atoms with Crippen molar-refractivity contribution in [1.29, 1.82) is 0 Å². The Morgan fingerprint density at radius 2 is 1.90 bits per heavy atom. The number of anilines is 1. The van der Waals surface area contributed by atoms with Gasteiger partial charge < -0.3 is 9.26 Å². The molecule has 1 amide bonds. The van der Waals surface area contributed by atoms with Crippen LogP contribution in [0.2, 0.25) is 0 Å². The van der Waals surface area contributed by atoms with Crippen LogP contribution in [0.15, 0.2) is 34.9 Å². The van der Waals surface area contributed by atoms with E-state index in [-0.39, 0.29) is 5.41 Å². The van der Waals surface area contributed by atoms with Crippen molar-refractivity contribution < 1.29 is 14.1 Å². The van der Waals surface area contributed by atoms with E-state index in [9.17, 15) is 4.79 Å². The number of amides is 1. The Labute approximate surface area is 117 Å². The third kappa shape index (κ3) is 3.17. The van der Waals surface area contributed by atoms with Crippen molar-refractivity contribution in [2.75, 3.05) is 5.32 Å². The zero-order chi connectivity index (χ0) is 14.8. The number of rotatable bonds is 2. The lowest BCUT2D eigenvalue weighted by Gasteiger charge is -2.14. The van der Waals surface area contributed by atoms with Crippen LogP contribution in [-0.4, -0.2) is 11.2 Å². The number of aromatic nitrogens is 1. The number of carbonyl (C=O) groups excluding carboxylic acids is 1. The molecule has 2 rings (SSSR count). The van der Waals surface area contributed by atoms with E-state index in [0.717, 1.165) is 11.3 Å². The molecule has 0 unspecified atom stereocenters. The number of hydrogen-bond acceptors (Lipinski definition) is 4. The summed E-state index contributed by atoms with van der Waals surface area (Å²) in [5, 5.41) is 6.46. The van der Waals surface area contributed by atoms with Gasteiger partial charge >= 0.3 is 6.09 Å². The van der Waals surface area contributed by atoms with Crippen LogP contribution < -0.4 is 10.1 Å². The highest BCUT2D eigenvalue weighted by molar-refractivity contribution is 5.86. The number of ether oxygens (including phenoxy) is 1. The fraction of sp³-hybridized carbons (Fsp3) is 0.333. The number of benzene rings is 1. The predicted octanol–water partition coefficient (Wildman–Crippen LogP) is 3.89. The van der Waals surface area contributed by atoms with Gasteiger partial charge in [-0.15, -0.1) is 0 Å². The average Bonchev–Trinajstić information content (AvgIpc) is 2.72. The molecule has 1 aromatic carbocycles. The first-order valence-electron chi connectivity index (χ1n) is 6.38. The molecule has 0 fully saturated rings. The van der Waals surface area contributed by atoms with Crippen molar-refractivity contribution in [3.8, 4) is 5.75 Å². The number of hydrogen-bond donors (Lipinski definition) is 1. The lowest BCUT2D eigenvalue weighted by atomic mass is 9.91. The van der Waals surface area contributed by atoms with Crippen LogP contribution in [0.1, 0.15) is 32.1 Å². The van der Waals surface area contributed by atoms with Gasteiger partial charge in [0.05, 0.1) is 0 Å². The number of para-hydroxylation sites is 1. The second-order valence-corrected chi connectivity index (χ2v) is 5.56. The lowest BCUT2D eigenvalue weighted by Crippen LogP contribution is -2.18. The van der Waals surface area contributed by atoms with E-state index in [4.69, 9.17) is 9.26 Å². The molecule has 0 spiro atoms. The summed E-state index contributed by atoms with van der Waals surface area (Å²) in [6.07, 6.45) is -0.590. The van der Waals surface area contributed by atoms with Crippen molar-refractivity contribution in [1.82, 2.24) is 5.16 Å². The molecule has 5 heteroatoms. The second kappa shape index (κ2) is 5.36. The average molecular weight is 274 g/mol. The molecule has 1 aromatic heterocycles. The maximum atomic E-state index is 11.8. The molecule has 0 radical (unpaired) electrons. The Hall–Kier alpha value is -2.30. The quantitative estimate of drug-likeness (QED) is 0.902. The molecular weight excluding hydrogens is 256 g/mol.